The third-order valence-corrected chi connectivity index (χ3v) is 6.01. The Bertz CT molecular complexity index is 1470. The predicted octanol–water partition coefficient (Wildman–Crippen LogP) is 4.64. The second kappa shape index (κ2) is 9.23. The molecule has 178 valence electrons. The summed E-state index contributed by atoms with van der Waals surface area (Å²) in [5.74, 6) is 1.53. The molecule has 5 rings (SSSR count). The highest BCUT2D eigenvalue weighted by Crippen LogP contribution is 2.36. The SMILES string of the molecule is COc1ccc(-n2cc(-c3ccc4c(c3)OCO4)n(CC(=O)Nc3cc(Cl)ccc3C)c2=O)cc1. The summed E-state index contributed by atoms with van der Waals surface area (Å²) in [6.07, 6.45) is 1.71. The number of aromatic nitrogens is 2. The Morgan fingerprint density at radius 1 is 1.06 bits per heavy atom. The smallest absolute Gasteiger partial charge is 0.333 e. The zero-order valence-corrected chi connectivity index (χ0v) is 19.8. The number of imidazole rings is 1. The van der Waals surface area contributed by atoms with Gasteiger partial charge in [0.25, 0.3) is 0 Å². The molecule has 0 radical (unpaired) electrons. The molecule has 0 unspecified atom stereocenters. The van der Waals surface area contributed by atoms with E-state index in [1.807, 2.05) is 19.1 Å². The average molecular weight is 492 g/mol. The number of ether oxygens (including phenoxy) is 3. The van der Waals surface area contributed by atoms with E-state index in [-0.39, 0.29) is 24.9 Å². The summed E-state index contributed by atoms with van der Waals surface area (Å²) in [4.78, 5) is 26.5. The summed E-state index contributed by atoms with van der Waals surface area (Å²) in [6, 6.07) is 17.8. The van der Waals surface area contributed by atoms with E-state index in [0.717, 1.165) is 5.56 Å². The number of halogens is 1. The number of methoxy groups -OCH3 is 1. The number of anilines is 1. The van der Waals surface area contributed by atoms with Crippen molar-refractivity contribution in [3.05, 3.63) is 87.9 Å². The highest BCUT2D eigenvalue weighted by Gasteiger charge is 2.20. The summed E-state index contributed by atoms with van der Waals surface area (Å²) in [5.41, 5.74) is 3.01. The standard InChI is InChI=1S/C26H22ClN3O5/c1-16-3-5-18(27)12-21(16)28-25(31)14-30-22(17-4-10-23-24(11-17)35-15-34-23)13-29(26(30)32)19-6-8-20(33-2)9-7-19/h3-13H,14-15H2,1-2H3,(H,28,31). The number of nitrogens with one attached hydrogen (secondary N) is 1. The second-order valence-electron chi connectivity index (χ2n) is 8.03. The lowest BCUT2D eigenvalue weighted by atomic mass is 10.1. The van der Waals surface area contributed by atoms with Crippen LogP contribution in [0.15, 0.2) is 71.7 Å². The third-order valence-electron chi connectivity index (χ3n) is 5.77. The van der Waals surface area contributed by atoms with Crippen molar-refractivity contribution in [1.82, 2.24) is 9.13 Å². The molecule has 0 saturated carbocycles. The van der Waals surface area contributed by atoms with Crippen molar-refractivity contribution in [2.45, 2.75) is 13.5 Å². The molecule has 0 spiro atoms. The minimum absolute atomic E-state index is 0.139. The number of rotatable bonds is 6. The van der Waals surface area contributed by atoms with Crippen LogP contribution in [0.3, 0.4) is 0 Å². The zero-order valence-electron chi connectivity index (χ0n) is 19.1. The predicted molar refractivity (Wildman–Crippen MR) is 133 cm³/mol. The maximum absolute atomic E-state index is 13.5. The molecule has 1 aromatic heterocycles. The number of carbonyl (C=O) groups is 1. The van der Waals surface area contributed by atoms with E-state index >= 15 is 0 Å². The quantitative estimate of drug-likeness (QED) is 0.424. The maximum atomic E-state index is 13.5. The molecule has 1 N–H and O–H groups in total. The van der Waals surface area contributed by atoms with Crippen LogP contribution in [0.4, 0.5) is 5.69 Å². The maximum Gasteiger partial charge on any atom is 0.333 e. The summed E-state index contributed by atoms with van der Waals surface area (Å²) in [5, 5.41) is 3.37. The number of hydrogen-bond acceptors (Lipinski definition) is 5. The average Bonchev–Trinajstić information content (AvgIpc) is 3.45. The number of amides is 1. The fourth-order valence-corrected chi connectivity index (χ4v) is 4.08. The first kappa shape index (κ1) is 22.6. The van der Waals surface area contributed by atoms with Crippen LogP contribution in [0.5, 0.6) is 17.2 Å². The molecule has 0 atom stereocenters. The molecule has 1 amide bonds. The number of benzene rings is 3. The van der Waals surface area contributed by atoms with Gasteiger partial charge in [-0.3, -0.25) is 13.9 Å². The van der Waals surface area contributed by atoms with E-state index in [1.165, 1.54) is 9.13 Å². The van der Waals surface area contributed by atoms with Crippen LogP contribution in [0.2, 0.25) is 5.02 Å². The number of fused-ring (bicyclic) bond motifs is 1. The molecule has 8 nitrogen and oxygen atoms in total. The number of nitrogens with zero attached hydrogens (tertiary/aromatic N) is 2. The van der Waals surface area contributed by atoms with E-state index < -0.39 is 0 Å². The van der Waals surface area contributed by atoms with Crippen molar-refractivity contribution in [2.24, 2.45) is 0 Å². The van der Waals surface area contributed by atoms with Crippen LogP contribution >= 0.6 is 11.6 Å². The van der Waals surface area contributed by atoms with Gasteiger partial charge in [-0.2, -0.15) is 0 Å². The minimum Gasteiger partial charge on any atom is -0.497 e. The van der Waals surface area contributed by atoms with Gasteiger partial charge in [-0.05, 0) is 67.1 Å². The van der Waals surface area contributed by atoms with Gasteiger partial charge in [0.05, 0.1) is 18.5 Å². The van der Waals surface area contributed by atoms with Gasteiger partial charge in [0.15, 0.2) is 11.5 Å². The zero-order chi connectivity index (χ0) is 24.5. The Morgan fingerprint density at radius 3 is 2.60 bits per heavy atom. The van der Waals surface area contributed by atoms with E-state index in [4.69, 9.17) is 25.8 Å². The molecule has 3 aromatic carbocycles. The lowest BCUT2D eigenvalue weighted by Crippen LogP contribution is -2.29. The molecule has 1 aliphatic rings. The molecule has 9 heteroatoms. The van der Waals surface area contributed by atoms with Gasteiger partial charge in [0.1, 0.15) is 12.3 Å². The summed E-state index contributed by atoms with van der Waals surface area (Å²) >= 11 is 6.09. The van der Waals surface area contributed by atoms with Gasteiger partial charge in [0, 0.05) is 22.5 Å². The van der Waals surface area contributed by atoms with Crippen molar-refractivity contribution >= 4 is 23.2 Å². The number of carbonyl (C=O) groups excluding carboxylic acids is 1. The van der Waals surface area contributed by atoms with Crippen molar-refractivity contribution in [3.63, 3.8) is 0 Å². The van der Waals surface area contributed by atoms with Gasteiger partial charge >= 0.3 is 5.69 Å². The van der Waals surface area contributed by atoms with E-state index in [9.17, 15) is 9.59 Å². The molecule has 1 aliphatic heterocycles. The van der Waals surface area contributed by atoms with Gasteiger partial charge in [-0.25, -0.2) is 4.79 Å². The Hall–Kier alpha value is -4.17. The van der Waals surface area contributed by atoms with E-state index in [2.05, 4.69) is 5.32 Å². The van der Waals surface area contributed by atoms with Gasteiger partial charge < -0.3 is 19.5 Å². The van der Waals surface area contributed by atoms with E-state index in [0.29, 0.717) is 44.9 Å². The fraction of sp³-hybridized carbons (Fsp3) is 0.154. The van der Waals surface area contributed by atoms with Crippen LogP contribution < -0.4 is 25.2 Å². The first-order chi connectivity index (χ1) is 16.9. The topological polar surface area (TPSA) is 83.7 Å². The molecule has 0 aliphatic carbocycles. The molecule has 0 bridgehead atoms. The van der Waals surface area contributed by atoms with Crippen LogP contribution in [-0.4, -0.2) is 28.9 Å². The largest absolute Gasteiger partial charge is 0.497 e. The van der Waals surface area contributed by atoms with Gasteiger partial charge in [0.2, 0.25) is 12.7 Å². The third kappa shape index (κ3) is 4.48. The first-order valence-electron chi connectivity index (χ1n) is 10.9. The number of aryl methyl sites for hydroxylation is 1. The summed E-state index contributed by atoms with van der Waals surface area (Å²) < 4.78 is 19.1. The Balaban J connectivity index is 1.55. The monoisotopic (exact) mass is 491 g/mol. The molecule has 35 heavy (non-hydrogen) atoms. The van der Waals surface area contributed by atoms with Gasteiger partial charge in [-0.15, -0.1) is 0 Å². The normalized spacial score (nSPS) is 12.0. The molecular weight excluding hydrogens is 470 g/mol. The number of hydrogen-bond donors (Lipinski definition) is 1. The van der Waals surface area contributed by atoms with Crippen LogP contribution in [-0.2, 0) is 11.3 Å². The first-order valence-corrected chi connectivity index (χ1v) is 11.2. The minimum atomic E-state index is -0.360. The lowest BCUT2D eigenvalue weighted by Gasteiger charge is -2.11. The molecule has 2 heterocycles. The highest BCUT2D eigenvalue weighted by molar-refractivity contribution is 6.31. The fourth-order valence-electron chi connectivity index (χ4n) is 3.91. The Kier molecular flexibility index (Phi) is 5.96. The highest BCUT2D eigenvalue weighted by atomic mass is 35.5. The molecule has 0 saturated heterocycles. The van der Waals surface area contributed by atoms with Gasteiger partial charge in [-0.1, -0.05) is 17.7 Å². The second-order valence-corrected chi connectivity index (χ2v) is 8.46. The van der Waals surface area contributed by atoms with Crippen molar-refractivity contribution < 1.29 is 19.0 Å². The van der Waals surface area contributed by atoms with Crippen molar-refractivity contribution in [2.75, 3.05) is 19.2 Å². The lowest BCUT2D eigenvalue weighted by molar-refractivity contribution is -0.116. The van der Waals surface area contributed by atoms with Crippen molar-refractivity contribution in [1.29, 1.82) is 0 Å². The molecular formula is C26H22ClN3O5. The van der Waals surface area contributed by atoms with Crippen LogP contribution in [0.25, 0.3) is 16.9 Å². The van der Waals surface area contributed by atoms with E-state index in [1.54, 1.807) is 61.8 Å². The summed E-state index contributed by atoms with van der Waals surface area (Å²) in [7, 11) is 1.58. The summed E-state index contributed by atoms with van der Waals surface area (Å²) in [6.45, 7) is 1.81. The molecule has 4 aromatic rings. The molecule has 0 fully saturated rings. The van der Waals surface area contributed by atoms with Crippen LogP contribution in [0, 0.1) is 6.92 Å². The Labute approximate surface area is 206 Å². The van der Waals surface area contributed by atoms with Crippen molar-refractivity contribution in [3.8, 4) is 34.2 Å². The Morgan fingerprint density at radius 2 is 1.83 bits per heavy atom. The van der Waals surface area contributed by atoms with Crippen LogP contribution in [0.1, 0.15) is 5.56 Å².